The van der Waals surface area contributed by atoms with Gasteiger partial charge in [-0.1, -0.05) is 194 Å². The Balaban J connectivity index is 1.25. The SMILES string of the molecule is CCCCCCCCCCCCCCCCCCCCCCCC(=O)NC(CCCCCCCCCC)CO[C@@H]1OC(CO)[C@@H](O[C@@H]2OC(CO)[C@H](O)C(O[C@]3(C(=O)O)C[C@@H](O)[C@H]4O[C@H]([C@H](O)CO)C4O3)[C@@H]2O)C(O[C@@H]2OC(C)[C@@H](O)C(O)[C@@H]2O)[C@@H]1NC(C)=O. The number of ether oxygens (including phenoxy) is 9. The minimum atomic E-state index is -2.85. The third-order valence-corrected chi connectivity index (χ3v) is 18.5. The van der Waals surface area contributed by atoms with E-state index in [1.54, 1.807) is 0 Å². The highest BCUT2D eigenvalue weighted by Crippen LogP contribution is 2.44. The molecule has 0 aromatic carbocycles. The molecule has 0 bridgehead atoms. The van der Waals surface area contributed by atoms with Crippen LogP contribution >= 0.6 is 0 Å². The lowest BCUT2D eigenvalue weighted by Gasteiger charge is -2.55. The molecular weight excluding hydrogens is 1180 g/mol. The van der Waals surface area contributed by atoms with Gasteiger partial charge in [0.15, 0.2) is 18.9 Å². The van der Waals surface area contributed by atoms with Gasteiger partial charge in [-0.15, -0.1) is 0 Å². The van der Waals surface area contributed by atoms with E-state index < -0.39 is 173 Å². The minimum absolute atomic E-state index is 0.155. The second-order valence-corrected chi connectivity index (χ2v) is 26.0. The summed E-state index contributed by atoms with van der Waals surface area (Å²) in [7, 11) is 0. The van der Waals surface area contributed by atoms with Gasteiger partial charge in [0.25, 0.3) is 5.79 Å². The molecule has 90 heavy (non-hydrogen) atoms. The molecule has 0 aromatic rings. The minimum Gasteiger partial charge on any atom is -0.477 e. The van der Waals surface area contributed by atoms with Crippen molar-refractivity contribution in [1.82, 2.24) is 10.6 Å². The second kappa shape index (κ2) is 42.3. The normalized spacial score (nSPS) is 34.3. The number of carbonyl (C=O) groups is 3. The number of hydrogen-bond acceptors (Lipinski definition) is 22. The van der Waals surface area contributed by atoms with E-state index in [4.69, 9.17) is 42.6 Å². The van der Waals surface area contributed by atoms with Crippen molar-refractivity contribution in [1.29, 1.82) is 0 Å². The zero-order valence-corrected chi connectivity index (χ0v) is 54.4. The summed E-state index contributed by atoms with van der Waals surface area (Å²) in [6, 6.07) is -2.01. The fraction of sp³-hybridized carbons (Fsp3) is 0.954. The van der Waals surface area contributed by atoms with Gasteiger partial charge in [-0.2, -0.15) is 0 Å². The predicted octanol–water partition coefficient (Wildman–Crippen LogP) is 4.32. The number of hydrogen-bond donors (Lipinski definition) is 13. The van der Waals surface area contributed by atoms with Crippen LogP contribution in [0.1, 0.15) is 233 Å². The van der Waals surface area contributed by atoms with Crippen molar-refractivity contribution in [3.8, 4) is 0 Å². The number of rotatable bonds is 47. The van der Waals surface area contributed by atoms with E-state index in [1.165, 1.54) is 136 Å². The van der Waals surface area contributed by atoms with Gasteiger partial charge in [-0.3, -0.25) is 9.59 Å². The average molecular weight is 1300 g/mol. The molecule has 0 aliphatic carbocycles. The van der Waals surface area contributed by atoms with Gasteiger partial charge in [-0.25, -0.2) is 4.79 Å². The van der Waals surface area contributed by atoms with Crippen LogP contribution in [0.3, 0.4) is 0 Å². The van der Waals surface area contributed by atoms with Crippen LogP contribution in [0, 0.1) is 0 Å². The van der Waals surface area contributed by atoms with Gasteiger partial charge >= 0.3 is 5.97 Å². The zero-order chi connectivity index (χ0) is 65.6. The molecule has 5 fully saturated rings. The van der Waals surface area contributed by atoms with Gasteiger partial charge in [-0.05, 0) is 19.8 Å². The van der Waals surface area contributed by atoms with Crippen LogP contribution in [-0.2, 0) is 57.0 Å². The molecule has 5 rings (SSSR count). The van der Waals surface area contributed by atoms with E-state index in [-0.39, 0.29) is 12.5 Å². The molecule has 5 aliphatic rings. The van der Waals surface area contributed by atoms with Gasteiger partial charge in [0.05, 0.1) is 44.7 Å². The molecule has 0 saturated carbocycles. The Morgan fingerprint density at radius 1 is 0.556 bits per heavy atom. The van der Waals surface area contributed by atoms with Crippen LogP contribution in [0.25, 0.3) is 0 Å². The molecule has 5 aliphatic heterocycles. The van der Waals surface area contributed by atoms with Crippen LogP contribution in [0.15, 0.2) is 0 Å². The summed E-state index contributed by atoms with van der Waals surface area (Å²) in [6.07, 6.45) is 3.01. The number of nitrogens with one attached hydrogen (secondary N) is 2. The quantitative estimate of drug-likeness (QED) is 0.0377. The molecule has 8 unspecified atom stereocenters. The molecule has 2 amide bonds. The molecule has 5 heterocycles. The largest absolute Gasteiger partial charge is 0.477 e. The Morgan fingerprint density at radius 2 is 1.04 bits per heavy atom. The number of unbranched alkanes of at least 4 members (excludes halogenated alkanes) is 27. The highest BCUT2D eigenvalue weighted by Gasteiger charge is 2.64. The maximum Gasteiger partial charge on any atom is 0.364 e. The predicted molar refractivity (Wildman–Crippen MR) is 328 cm³/mol. The maximum absolute atomic E-state index is 13.7. The number of carboxylic acid groups (broad SMARTS) is 1. The van der Waals surface area contributed by atoms with Gasteiger partial charge in [0, 0.05) is 19.8 Å². The Kier molecular flexibility index (Phi) is 36.8. The first-order chi connectivity index (χ1) is 43.3. The molecule has 13 N–H and O–H groups in total. The van der Waals surface area contributed by atoms with Crippen molar-refractivity contribution < 1.29 is 113 Å². The highest BCUT2D eigenvalue weighted by atomic mass is 16.8. The molecule has 25 heteroatoms. The summed E-state index contributed by atoms with van der Waals surface area (Å²) in [4.78, 5) is 40.0. The van der Waals surface area contributed by atoms with Gasteiger partial charge < -0.3 is 109 Å². The van der Waals surface area contributed by atoms with E-state index in [1.807, 2.05) is 0 Å². The first-order valence-corrected chi connectivity index (χ1v) is 34.6. The molecule has 22 atom stereocenters. The molecular formula is C65H118N2O23. The number of fused-ring (bicyclic) bond motifs is 1. The van der Waals surface area contributed by atoms with Crippen LogP contribution in [-0.4, -0.2) is 235 Å². The third kappa shape index (κ3) is 24.4. The summed E-state index contributed by atoms with van der Waals surface area (Å²) in [5, 5.41) is 125. The van der Waals surface area contributed by atoms with E-state index in [9.17, 15) is 70.6 Å². The van der Waals surface area contributed by atoms with Crippen LogP contribution in [0.2, 0.25) is 0 Å². The van der Waals surface area contributed by atoms with Crippen LogP contribution < -0.4 is 10.6 Å². The fourth-order valence-corrected chi connectivity index (χ4v) is 13.0. The first kappa shape index (κ1) is 78.3. The summed E-state index contributed by atoms with van der Waals surface area (Å²) in [5.74, 6) is -5.51. The summed E-state index contributed by atoms with van der Waals surface area (Å²) >= 11 is 0. The molecule has 0 aromatic heterocycles. The molecule has 0 spiro atoms. The number of aliphatic carboxylic acids is 1. The summed E-state index contributed by atoms with van der Waals surface area (Å²) in [5.41, 5.74) is 0. The van der Waals surface area contributed by atoms with Crippen LogP contribution in [0.5, 0.6) is 0 Å². The Morgan fingerprint density at radius 3 is 1.54 bits per heavy atom. The van der Waals surface area contributed by atoms with E-state index >= 15 is 0 Å². The molecule has 526 valence electrons. The Hall–Kier alpha value is -2.35. The highest BCUT2D eigenvalue weighted by molar-refractivity contribution is 5.76. The summed E-state index contributed by atoms with van der Waals surface area (Å²) < 4.78 is 54.6. The Labute approximate surface area is 533 Å². The number of aliphatic hydroxyl groups excluding tert-OH is 10. The fourth-order valence-electron chi connectivity index (χ4n) is 13.0. The average Bonchev–Trinajstić information content (AvgIpc) is 0.748. The third-order valence-electron chi connectivity index (χ3n) is 18.5. The lowest BCUT2D eigenvalue weighted by molar-refractivity contribution is -0.416. The lowest BCUT2D eigenvalue weighted by Crippen LogP contribution is -2.74. The second-order valence-electron chi connectivity index (χ2n) is 26.0. The van der Waals surface area contributed by atoms with Crippen molar-refractivity contribution in [3.63, 3.8) is 0 Å². The van der Waals surface area contributed by atoms with Crippen molar-refractivity contribution in [2.24, 2.45) is 0 Å². The van der Waals surface area contributed by atoms with Crippen LogP contribution in [0.4, 0.5) is 0 Å². The number of amides is 2. The number of carboxylic acids is 1. The monoisotopic (exact) mass is 1290 g/mol. The number of carbonyl (C=O) groups excluding carboxylic acids is 2. The van der Waals surface area contributed by atoms with E-state index in [0.29, 0.717) is 19.3 Å². The van der Waals surface area contributed by atoms with Crippen molar-refractivity contribution >= 4 is 17.8 Å². The molecule has 25 nitrogen and oxygen atoms in total. The van der Waals surface area contributed by atoms with E-state index in [2.05, 4.69) is 24.5 Å². The molecule has 0 radical (unpaired) electrons. The topological polar surface area (TPSA) is 381 Å². The zero-order valence-electron chi connectivity index (χ0n) is 54.4. The van der Waals surface area contributed by atoms with Gasteiger partial charge in [0.1, 0.15) is 91.5 Å². The number of aliphatic hydroxyl groups is 10. The maximum atomic E-state index is 13.7. The summed E-state index contributed by atoms with van der Waals surface area (Å²) in [6.45, 7) is 4.18. The van der Waals surface area contributed by atoms with Gasteiger partial charge in [0.2, 0.25) is 11.8 Å². The lowest BCUT2D eigenvalue weighted by atomic mass is 9.85. The Bertz CT molecular complexity index is 1970. The smallest absolute Gasteiger partial charge is 0.364 e. The van der Waals surface area contributed by atoms with E-state index in [0.717, 1.165) is 57.8 Å². The van der Waals surface area contributed by atoms with Crippen molar-refractivity contribution in [2.75, 3.05) is 26.4 Å². The molecule has 5 saturated heterocycles. The van der Waals surface area contributed by atoms with Crippen molar-refractivity contribution in [3.05, 3.63) is 0 Å². The van der Waals surface area contributed by atoms with Crippen molar-refractivity contribution in [2.45, 2.75) is 368 Å². The first-order valence-electron chi connectivity index (χ1n) is 34.6. The standard InChI is InChI=1S/C65H118N2O23/c1-5-7-9-11-13-15-16-17-18-19-20-21-22-23-24-25-26-27-29-31-33-35-48(74)67-43(34-32-30-28-14-12-10-8-6-2)40-82-61-49(66-42(4)71)58(88-62-53(78)52(77)50(75)41(3)83-62)57(47(39-70)85-61)87-63-54(79)59(51(76)46(38-69)84-63)89-65(64(80)81)36-44(72)55-60(90-65)56(86-55)45(73)37-68/h41,43-47,49-63,68-70,72-73,75-79H,5-40H2,1-4H3,(H,66,71)(H,67,74)(H,80,81)/t41?,43?,44-,45-,46?,47?,49+,50-,51+,52?,53+,54+,55-,56-,57-,58?,59?,60?,61-,62+,63+,65-/m1/s1.